The van der Waals surface area contributed by atoms with Crippen molar-refractivity contribution in [3.8, 4) is 33.3 Å². The van der Waals surface area contributed by atoms with Gasteiger partial charge in [0.05, 0.1) is 51.8 Å². The van der Waals surface area contributed by atoms with Crippen molar-refractivity contribution in [2.45, 2.75) is 146 Å². The smallest absolute Gasteiger partial charge is 0.410 e. The second kappa shape index (κ2) is 24.0. The molecule has 1 saturated carbocycles. The van der Waals surface area contributed by atoms with Crippen LogP contribution in [-0.4, -0.2) is 158 Å². The molecule has 1 aliphatic carbocycles. The maximum Gasteiger partial charge on any atom is 0.410 e. The Morgan fingerprint density at radius 2 is 1.54 bits per heavy atom. The highest BCUT2D eigenvalue weighted by atomic mass is 32.1. The molecule has 0 spiro atoms. The van der Waals surface area contributed by atoms with Crippen LogP contribution in [0.2, 0.25) is 0 Å². The van der Waals surface area contributed by atoms with E-state index in [9.17, 15) is 24.6 Å². The molecular formula is C61H74N12O9S. The summed E-state index contributed by atoms with van der Waals surface area (Å²) < 4.78 is 24.9. The van der Waals surface area contributed by atoms with Gasteiger partial charge in [-0.25, -0.2) is 14.8 Å². The van der Waals surface area contributed by atoms with Gasteiger partial charge in [0.2, 0.25) is 17.7 Å². The lowest BCUT2D eigenvalue weighted by molar-refractivity contribution is -0.141. The fourth-order valence-corrected chi connectivity index (χ4v) is 13.9. The fraction of sp³-hybridized carbons (Fsp3) is 0.508. The van der Waals surface area contributed by atoms with E-state index in [0.717, 1.165) is 84.7 Å². The molecule has 83 heavy (non-hydrogen) atoms. The molecule has 9 heterocycles. The lowest BCUT2D eigenvalue weighted by atomic mass is 9.91. The molecule has 6 aliphatic rings. The van der Waals surface area contributed by atoms with Crippen LogP contribution in [0.15, 0.2) is 89.0 Å². The van der Waals surface area contributed by atoms with Crippen LogP contribution >= 0.6 is 11.3 Å². The number of hydrogen-bond acceptors (Lipinski definition) is 19. The number of rotatable bonds is 16. The number of ether oxygens (including phenoxy) is 3. The number of hydrogen-bond donors (Lipinski definition) is 4. The zero-order chi connectivity index (χ0) is 57.5. The monoisotopic (exact) mass is 1150 g/mol. The van der Waals surface area contributed by atoms with Gasteiger partial charge in [0.1, 0.15) is 29.9 Å². The van der Waals surface area contributed by atoms with E-state index in [1.54, 1.807) is 34.4 Å². The van der Waals surface area contributed by atoms with E-state index in [4.69, 9.17) is 24.5 Å². The third-order valence-corrected chi connectivity index (χ3v) is 18.7. The van der Waals surface area contributed by atoms with Gasteiger partial charge in [-0.1, -0.05) is 55.4 Å². The number of aromatic nitrogens is 5. The van der Waals surface area contributed by atoms with Gasteiger partial charge in [-0.05, 0) is 80.8 Å². The van der Waals surface area contributed by atoms with E-state index in [-0.39, 0.29) is 85.1 Å². The van der Waals surface area contributed by atoms with E-state index in [1.165, 1.54) is 4.90 Å². The van der Waals surface area contributed by atoms with E-state index in [0.29, 0.717) is 73.6 Å². The first-order valence-electron chi connectivity index (χ1n) is 29.4. The minimum absolute atomic E-state index is 0.0148. The number of nitrogen functional groups attached to an aromatic ring is 1. The molecule has 438 valence electrons. The molecule has 4 aromatic heterocycles. The van der Waals surface area contributed by atoms with Crippen molar-refractivity contribution in [1.82, 2.24) is 40.4 Å². The Bertz CT molecular complexity index is 3250. The van der Waals surface area contributed by atoms with Crippen molar-refractivity contribution < 1.29 is 43.3 Å². The van der Waals surface area contributed by atoms with Gasteiger partial charge in [0.15, 0.2) is 17.4 Å². The number of carbonyl (C=O) groups is 3. The Hall–Kier alpha value is -7.56. The van der Waals surface area contributed by atoms with E-state index < -0.39 is 18.1 Å². The molecule has 5 saturated heterocycles. The molecule has 22 heteroatoms. The Morgan fingerprint density at radius 3 is 2.25 bits per heavy atom. The molecule has 21 nitrogen and oxygen atoms in total. The fourth-order valence-electron chi connectivity index (χ4n) is 13.1. The first kappa shape index (κ1) is 55.9. The largest absolute Gasteiger partial charge is 0.507 e. The number of carbonyl (C=O) groups excluding carboxylic acids is 3. The number of benzene rings is 2. The molecule has 2 aromatic carbocycles. The van der Waals surface area contributed by atoms with Crippen LogP contribution in [0.25, 0.3) is 21.7 Å². The van der Waals surface area contributed by atoms with Crippen LogP contribution in [0.5, 0.6) is 11.6 Å². The van der Waals surface area contributed by atoms with Gasteiger partial charge in [0.25, 0.3) is 0 Å². The molecule has 5 N–H and O–H groups in total. The van der Waals surface area contributed by atoms with Crippen molar-refractivity contribution >= 4 is 52.3 Å². The van der Waals surface area contributed by atoms with Crippen molar-refractivity contribution in [2.24, 2.45) is 5.92 Å². The van der Waals surface area contributed by atoms with Crippen LogP contribution < -0.4 is 30.5 Å². The summed E-state index contributed by atoms with van der Waals surface area (Å²) >= 11 is 1.59. The number of aliphatic hydroxyl groups is 1. The number of aryl methyl sites for hydroxylation is 1. The van der Waals surface area contributed by atoms with Gasteiger partial charge in [-0.15, -0.1) is 21.5 Å². The summed E-state index contributed by atoms with van der Waals surface area (Å²) in [5, 5.41) is 37.3. The third kappa shape index (κ3) is 12.0. The highest BCUT2D eigenvalue weighted by Gasteiger charge is 2.45. The second-order valence-corrected chi connectivity index (χ2v) is 24.5. The number of para-hydroxylation sites is 1. The number of phenolic OH excluding ortho intramolecular Hbond substituents is 1. The number of likely N-dealkylation sites (tertiary alicyclic amines) is 2. The molecule has 6 aromatic rings. The Balaban J connectivity index is 0.562. The van der Waals surface area contributed by atoms with Crippen LogP contribution in [0, 0.1) is 12.8 Å². The quantitative estimate of drug-likeness (QED) is 0.0719. The number of aromatic hydroxyl groups is 1. The number of piperazine rings is 1. The molecule has 2 unspecified atom stereocenters. The Kier molecular flexibility index (Phi) is 16.2. The molecular weight excluding hydrogens is 1080 g/mol. The molecule has 0 radical (unpaired) electrons. The summed E-state index contributed by atoms with van der Waals surface area (Å²) in [6.07, 6.45) is 7.13. The van der Waals surface area contributed by atoms with Crippen LogP contribution in [0.1, 0.15) is 108 Å². The van der Waals surface area contributed by atoms with Crippen molar-refractivity contribution in [2.75, 3.05) is 66.2 Å². The number of thiazole rings is 1. The minimum Gasteiger partial charge on any atom is -0.507 e. The highest BCUT2D eigenvalue weighted by molar-refractivity contribution is 7.13. The van der Waals surface area contributed by atoms with E-state index in [2.05, 4.69) is 57.5 Å². The third-order valence-electron chi connectivity index (χ3n) is 17.7. The summed E-state index contributed by atoms with van der Waals surface area (Å²) in [6.45, 7) is 11.7. The van der Waals surface area contributed by atoms with Crippen LogP contribution in [0.3, 0.4) is 0 Å². The van der Waals surface area contributed by atoms with Gasteiger partial charge in [-0.2, -0.15) is 0 Å². The predicted molar refractivity (Wildman–Crippen MR) is 313 cm³/mol. The number of anilines is 4. The van der Waals surface area contributed by atoms with Gasteiger partial charge < -0.3 is 64.5 Å². The van der Waals surface area contributed by atoms with Gasteiger partial charge in [0, 0.05) is 120 Å². The standard InChI is InChI=1S/C61H74N12O9S/c1-35(2)56(60(77)72-33-43(74)26-51(72)59(76)65-36(3)38-9-11-39(12-10-38)57-37(4)64-34-83-57)53-30-54(68-82-53)69-21-16-45(17-22-69)81-61(78)70-23-18-44(19-24-70)79-46-27-47(28-46)80-55-25-40(15-20-63-55)73-41-13-14-42(73)32-71(31-41)50-29-49(66-67-58(50)62)48-7-5-6-8-52(48)75/h5-12,15,20,25,29-30,34-36,41-47,51,56,74-75H,13-14,16-19,21-24,26-28,31-33H2,1-4H3,(H2,62,67)(H,65,76)/t36-,41?,42?,43+,46?,47?,51-,56+/m0/s1. The lowest BCUT2D eigenvalue weighted by Gasteiger charge is -2.43. The van der Waals surface area contributed by atoms with Crippen LogP contribution in [-0.2, 0) is 19.1 Å². The number of β-amino-alcohol motifs (C(OH)–C–C–N with tert-alkyl or cyclic N) is 1. The number of fused-ring (bicyclic) bond motifs is 2. The number of nitrogens with one attached hydrogen (secondary N) is 1. The number of aliphatic hydroxyl groups excluding tert-OH is 1. The normalized spacial score (nSPS) is 23.8. The summed E-state index contributed by atoms with van der Waals surface area (Å²) in [7, 11) is 0. The Labute approximate surface area is 487 Å². The molecule has 6 atom stereocenters. The molecule has 12 rings (SSSR count). The zero-order valence-corrected chi connectivity index (χ0v) is 48.3. The number of piperidine rings is 2. The Morgan fingerprint density at radius 1 is 0.807 bits per heavy atom. The first-order valence-corrected chi connectivity index (χ1v) is 30.3. The maximum atomic E-state index is 14.4. The summed E-state index contributed by atoms with van der Waals surface area (Å²) in [6, 6.07) is 22.4. The topological polar surface area (TPSA) is 251 Å². The van der Waals surface area contributed by atoms with Crippen LogP contribution in [0.4, 0.5) is 27.8 Å². The summed E-state index contributed by atoms with van der Waals surface area (Å²) in [5.74, 6) is 0.624. The SMILES string of the molecule is Cc1ncsc1-c1ccc([C@H](C)NC(=O)[C@@H]2C[C@@H](O)CN2C(=O)[C@@H](c2cc(N3CCC(OC(=O)N4CCC(OC5CC(Oc6cc(N7C8CCC7CN(c7cc(-c9ccccc9O)nnc7N)C8)ccn6)C5)CC4)CC3)no2)C(C)C)cc1. The van der Waals surface area contributed by atoms with Crippen molar-refractivity contribution in [3.63, 3.8) is 0 Å². The number of nitrogens with two attached hydrogens (primary N) is 1. The number of phenols is 1. The number of nitrogens with zero attached hydrogens (tertiary/aromatic N) is 10. The molecule has 3 amide bonds. The first-order chi connectivity index (χ1) is 40.2. The second-order valence-electron chi connectivity index (χ2n) is 23.6. The summed E-state index contributed by atoms with van der Waals surface area (Å²) in [4.78, 5) is 61.8. The molecule has 5 aliphatic heterocycles. The average Bonchev–Trinajstić information content (AvgIpc) is 4.03. The molecule has 6 fully saturated rings. The van der Waals surface area contributed by atoms with Crippen molar-refractivity contribution in [1.29, 1.82) is 0 Å². The van der Waals surface area contributed by atoms with Crippen molar-refractivity contribution in [3.05, 3.63) is 102 Å². The minimum atomic E-state index is -0.842. The van der Waals surface area contributed by atoms with E-state index in [1.807, 2.05) is 81.9 Å². The van der Waals surface area contributed by atoms with Gasteiger partial charge in [-0.3, -0.25) is 9.59 Å². The highest BCUT2D eigenvalue weighted by Crippen LogP contribution is 2.41. The average molecular weight is 1150 g/mol. The maximum absolute atomic E-state index is 14.4. The zero-order valence-electron chi connectivity index (χ0n) is 47.5. The lowest BCUT2D eigenvalue weighted by Crippen LogP contribution is -2.54. The number of pyridine rings is 1. The van der Waals surface area contributed by atoms with Gasteiger partial charge >= 0.3 is 6.09 Å². The molecule has 2 bridgehead atoms. The predicted octanol–water partition coefficient (Wildman–Crippen LogP) is 7.88. The number of amides is 3. The summed E-state index contributed by atoms with van der Waals surface area (Å²) in [5.41, 5.74) is 14.3. The van der Waals surface area contributed by atoms with E-state index >= 15 is 0 Å².